The van der Waals surface area contributed by atoms with Crippen LogP contribution in [-0.4, -0.2) is 32.7 Å². The molecule has 0 bridgehead atoms. The number of hydrogen-bond donors (Lipinski definition) is 2. The van der Waals surface area contributed by atoms with Crippen LogP contribution in [-0.2, 0) is 4.79 Å². The first-order chi connectivity index (χ1) is 11.0. The molecule has 0 fully saturated rings. The normalized spacial score (nSPS) is 11.8. The zero-order chi connectivity index (χ0) is 16.7. The number of nitrogens with one attached hydrogen (secondary N) is 2. The predicted octanol–water partition coefficient (Wildman–Crippen LogP) is 2.29. The molecule has 1 unspecified atom stereocenters. The summed E-state index contributed by atoms with van der Waals surface area (Å²) in [5.41, 5.74) is 1.89. The molecule has 1 amide bonds. The summed E-state index contributed by atoms with van der Waals surface area (Å²) < 4.78 is 6.66. The molecule has 0 spiro atoms. The summed E-state index contributed by atoms with van der Waals surface area (Å²) in [6.07, 6.45) is 0. The molecule has 0 aliphatic carbocycles. The molecule has 0 saturated heterocycles. The Morgan fingerprint density at radius 3 is 2.65 bits per heavy atom. The molecular formula is C18H22BrN2O2+. The van der Waals surface area contributed by atoms with Crippen LogP contribution in [0.5, 0.6) is 5.75 Å². The topological polar surface area (TPSA) is 42.8 Å². The van der Waals surface area contributed by atoms with Gasteiger partial charge in [-0.25, -0.2) is 0 Å². The van der Waals surface area contributed by atoms with Crippen molar-refractivity contribution < 1.29 is 14.4 Å². The molecule has 23 heavy (non-hydrogen) atoms. The second-order valence-electron chi connectivity index (χ2n) is 5.55. The van der Waals surface area contributed by atoms with E-state index in [-0.39, 0.29) is 5.91 Å². The molecule has 0 aromatic heterocycles. The van der Waals surface area contributed by atoms with Crippen molar-refractivity contribution >= 4 is 27.5 Å². The molecule has 2 rings (SSSR count). The minimum Gasteiger partial charge on any atom is -0.488 e. The Kier molecular flexibility index (Phi) is 6.62. The van der Waals surface area contributed by atoms with E-state index in [1.807, 2.05) is 62.5 Å². The third-order valence-electron chi connectivity index (χ3n) is 3.47. The van der Waals surface area contributed by atoms with E-state index in [0.29, 0.717) is 13.2 Å². The van der Waals surface area contributed by atoms with Crippen molar-refractivity contribution in [1.82, 2.24) is 0 Å². The lowest BCUT2D eigenvalue weighted by molar-refractivity contribution is -0.871. The van der Waals surface area contributed by atoms with Gasteiger partial charge in [-0.2, -0.15) is 0 Å². The van der Waals surface area contributed by atoms with Gasteiger partial charge in [-0.3, -0.25) is 4.79 Å². The lowest BCUT2D eigenvalue weighted by Crippen LogP contribution is -3.10. The van der Waals surface area contributed by atoms with Crippen LogP contribution in [0.3, 0.4) is 0 Å². The van der Waals surface area contributed by atoms with E-state index in [1.54, 1.807) is 0 Å². The molecule has 0 aliphatic rings. The maximum Gasteiger partial charge on any atom is 0.279 e. The van der Waals surface area contributed by atoms with E-state index >= 15 is 0 Å². The minimum absolute atomic E-state index is 0.00707. The summed E-state index contributed by atoms with van der Waals surface area (Å²) in [4.78, 5) is 13.2. The summed E-state index contributed by atoms with van der Waals surface area (Å²) in [5.74, 6) is 0.864. The second-order valence-corrected chi connectivity index (χ2v) is 6.47. The van der Waals surface area contributed by atoms with Gasteiger partial charge in [-0.05, 0) is 42.8 Å². The zero-order valence-electron chi connectivity index (χ0n) is 13.4. The molecule has 0 heterocycles. The first-order valence-electron chi connectivity index (χ1n) is 7.60. The molecule has 0 aliphatic heterocycles. The van der Waals surface area contributed by atoms with Gasteiger partial charge in [0, 0.05) is 10.2 Å². The predicted molar refractivity (Wildman–Crippen MR) is 96.1 cm³/mol. The number of aryl methyl sites for hydroxylation is 1. The molecule has 4 nitrogen and oxygen atoms in total. The number of carbonyl (C=O) groups is 1. The monoisotopic (exact) mass is 377 g/mol. The van der Waals surface area contributed by atoms with Gasteiger partial charge in [0.2, 0.25) is 0 Å². The van der Waals surface area contributed by atoms with Crippen LogP contribution in [0, 0.1) is 6.92 Å². The number of hydrogen-bond acceptors (Lipinski definition) is 2. The largest absolute Gasteiger partial charge is 0.488 e. The second kappa shape index (κ2) is 8.70. The summed E-state index contributed by atoms with van der Waals surface area (Å²) in [7, 11) is 1.99. The highest BCUT2D eigenvalue weighted by molar-refractivity contribution is 9.10. The van der Waals surface area contributed by atoms with E-state index in [0.717, 1.165) is 32.9 Å². The Labute approximate surface area is 145 Å². The number of carbonyl (C=O) groups excluding carboxylic acids is 1. The van der Waals surface area contributed by atoms with Crippen LogP contribution in [0.15, 0.2) is 53.0 Å². The van der Waals surface area contributed by atoms with Gasteiger partial charge in [0.1, 0.15) is 18.9 Å². The third-order valence-corrected chi connectivity index (χ3v) is 3.96. The van der Waals surface area contributed by atoms with Crippen LogP contribution in [0.4, 0.5) is 5.69 Å². The molecule has 1 atom stereocenters. The van der Waals surface area contributed by atoms with Crippen LogP contribution in [0.25, 0.3) is 0 Å². The number of ether oxygens (including phenoxy) is 1. The highest BCUT2D eigenvalue weighted by Crippen LogP contribution is 2.19. The molecule has 5 heteroatoms. The minimum atomic E-state index is 0.00707. The van der Waals surface area contributed by atoms with E-state index in [4.69, 9.17) is 4.74 Å². The van der Waals surface area contributed by atoms with Gasteiger partial charge in [-0.1, -0.05) is 34.1 Å². The van der Waals surface area contributed by atoms with Gasteiger partial charge < -0.3 is 15.0 Å². The highest BCUT2D eigenvalue weighted by Gasteiger charge is 2.11. The maximum absolute atomic E-state index is 12.1. The fraction of sp³-hybridized carbons (Fsp3) is 0.278. The van der Waals surface area contributed by atoms with E-state index < -0.39 is 0 Å². The molecular weight excluding hydrogens is 356 g/mol. The Morgan fingerprint density at radius 2 is 1.96 bits per heavy atom. The van der Waals surface area contributed by atoms with Gasteiger partial charge in [0.25, 0.3) is 5.91 Å². The van der Waals surface area contributed by atoms with Gasteiger partial charge in [-0.15, -0.1) is 0 Å². The summed E-state index contributed by atoms with van der Waals surface area (Å²) in [6.45, 7) is 3.74. The number of likely N-dealkylation sites (N-methyl/N-ethyl adjacent to an activating group) is 1. The van der Waals surface area contributed by atoms with Crippen molar-refractivity contribution in [3.05, 3.63) is 58.6 Å². The molecule has 2 N–H and O–H groups in total. The molecule has 0 saturated carbocycles. The Bertz CT molecular complexity index is 647. The first-order valence-corrected chi connectivity index (χ1v) is 8.39. The summed E-state index contributed by atoms with van der Waals surface area (Å²) >= 11 is 3.42. The fourth-order valence-corrected chi connectivity index (χ4v) is 2.66. The van der Waals surface area contributed by atoms with E-state index in [1.165, 1.54) is 0 Å². The Morgan fingerprint density at radius 1 is 1.22 bits per heavy atom. The zero-order valence-corrected chi connectivity index (χ0v) is 15.0. The van der Waals surface area contributed by atoms with Gasteiger partial charge in [0.15, 0.2) is 6.54 Å². The quantitative estimate of drug-likeness (QED) is 0.777. The number of amides is 1. The fourth-order valence-electron chi connectivity index (χ4n) is 2.18. The van der Waals surface area contributed by atoms with Gasteiger partial charge in [0.05, 0.1) is 7.05 Å². The number of benzene rings is 2. The Balaban J connectivity index is 1.74. The van der Waals surface area contributed by atoms with E-state index in [9.17, 15) is 4.79 Å². The molecule has 2 aromatic carbocycles. The highest BCUT2D eigenvalue weighted by atomic mass is 79.9. The molecule has 2 aromatic rings. The Hall–Kier alpha value is -1.85. The number of para-hydroxylation sites is 1. The van der Waals surface area contributed by atoms with Crippen LogP contribution >= 0.6 is 15.9 Å². The number of halogens is 1. The summed E-state index contributed by atoms with van der Waals surface area (Å²) in [5, 5.41) is 2.96. The average Bonchev–Trinajstić information content (AvgIpc) is 2.51. The lowest BCUT2D eigenvalue weighted by Gasteiger charge is -2.15. The maximum atomic E-state index is 12.1. The molecule has 122 valence electrons. The number of anilines is 1. The SMILES string of the molecule is Cc1cc(Br)ccc1NC(=O)C[NH+](C)CCOc1ccccc1. The lowest BCUT2D eigenvalue weighted by atomic mass is 10.2. The molecule has 0 radical (unpaired) electrons. The smallest absolute Gasteiger partial charge is 0.279 e. The van der Waals surface area contributed by atoms with Crippen molar-refractivity contribution in [2.24, 2.45) is 0 Å². The third kappa shape index (κ3) is 6.04. The van der Waals surface area contributed by atoms with Crippen LogP contribution in [0.1, 0.15) is 5.56 Å². The van der Waals surface area contributed by atoms with Crippen molar-refractivity contribution in [3.63, 3.8) is 0 Å². The van der Waals surface area contributed by atoms with Gasteiger partial charge >= 0.3 is 0 Å². The average molecular weight is 378 g/mol. The summed E-state index contributed by atoms with van der Waals surface area (Å²) in [6, 6.07) is 15.5. The van der Waals surface area contributed by atoms with Crippen LogP contribution < -0.4 is 15.0 Å². The van der Waals surface area contributed by atoms with Crippen molar-refractivity contribution in [3.8, 4) is 5.75 Å². The van der Waals surface area contributed by atoms with Crippen molar-refractivity contribution in [2.75, 3.05) is 32.1 Å². The van der Waals surface area contributed by atoms with Crippen molar-refractivity contribution in [2.45, 2.75) is 6.92 Å². The standard InChI is InChI=1S/C18H21BrN2O2/c1-14-12-15(19)8-9-17(14)20-18(22)13-21(2)10-11-23-16-6-4-3-5-7-16/h3-9,12H,10-11,13H2,1-2H3,(H,20,22)/p+1. The first kappa shape index (κ1) is 17.5. The van der Waals surface area contributed by atoms with Crippen LogP contribution in [0.2, 0.25) is 0 Å². The number of quaternary nitrogens is 1. The number of rotatable bonds is 7. The van der Waals surface area contributed by atoms with Crippen molar-refractivity contribution in [1.29, 1.82) is 0 Å². The van der Waals surface area contributed by atoms with E-state index in [2.05, 4.69) is 21.2 Å².